The predicted molar refractivity (Wildman–Crippen MR) is 83.0 cm³/mol. The van der Waals surface area contributed by atoms with Crippen LogP contribution in [0.4, 0.5) is 0 Å². The fourth-order valence-electron chi connectivity index (χ4n) is 2.17. The lowest BCUT2D eigenvalue weighted by Gasteiger charge is -2.20. The number of thiophene rings is 1. The highest BCUT2D eigenvalue weighted by Crippen LogP contribution is 2.43. The second-order valence-electron chi connectivity index (χ2n) is 4.28. The van der Waals surface area contributed by atoms with Gasteiger partial charge in [-0.15, -0.1) is 11.3 Å². The molecule has 5 nitrogen and oxygen atoms in total. The Morgan fingerprint density at radius 1 is 0.905 bits per heavy atom. The Balaban J connectivity index is 2.56. The lowest BCUT2D eigenvalue weighted by molar-refractivity contribution is 0.365. The number of rotatable bonds is 6. The smallest absolute Gasteiger partial charge is 0.134 e. The van der Waals surface area contributed by atoms with E-state index in [2.05, 4.69) is 0 Å². The first-order valence-electron chi connectivity index (χ1n) is 6.33. The van der Waals surface area contributed by atoms with E-state index in [0.29, 0.717) is 17.2 Å². The highest BCUT2D eigenvalue weighted by atomic mass is 32.1. The van der Waals surface area contributed by atoms with Crippen LogP contribution in [0.2, 0.25) is 0 Å². The third kappa shape index (κ3) is 2.91. The number of nitrogens with two attached hydrogens (primary N) is 1. The second kappa shape index (κ2) is 6.69. The largest absolute Gasteiger partial charge is 0.496 e. The Hall–Kier alpha value is -1.92. The molecule has 0 radical (unpaired) electrons. The summed E-state index contributed by atoms with van der Waals surface area (Å²) in [5.74, 6) is 2.65. The van der Waals surface area contributed by atoms with E-state index in [-0.39, 0.29) is 0 Å². The van der Waals surface area contributed by atoms with Gasteiger partial charge < -0.3 is 24.7 Å². The molecule has 1 atom stereocenters. The molecule has 21 heavy (non-hydrogen) atoms. The third-order valence-corrected chi connectivity index (χ3v) is 4.21. The van der Waals surface area contributed by atoms with Crippen LogP contribution >= 0.6 is 11.3 Å². The molecule has 114 valence electrons. The van der Waals surface area contributed by atoms with E-state index in [1.54, 1.807) is 40.6 Å². The van der Waals surface area contributed by atoms with Gasteiger partial charge >= 0.3 is 0 Å². The van der Waals surface area contributed by atoms with E-state index >= 15 is 0 Å². The van der Waals surface area contributed by atoms with E-state index in [1.807, 2.05) is 11.4 Å². The summed E-state index contributed by atoms with van der Waals surface area (Å²) < 4.78 is 21.5. The second-order valence-corrected chi connectivity index (χ2v) is 5.22. The van der Waals surface area contributed by atoms with Crippen LogP contribution in [0.5, 0.6) is 23.0 Å². The molecule has 2 aromatic rings. The Morgan fingerprint density at radius 2 is 1.48 bits per heavy atom. The first kappa shape index (κ1) is 15.5. The number of hydrogen-bond donors (Lipinski definition) is 1. The lowest BCUT2D eigenvalue weighted by Crippen LogP contribution is -2.14. The van der Waals surface area contributed by atoms with Gasteiger partial charge in [0.1, 0.15) is 23.0 Å². The van der Waals surface area contributed by atoms with Gasteiger partial charge in [-0.3, -0.25) is 0 Å². The molecule has 0 aliphatic heterocycles. The third-order valence-electron chi connectivity index (χ3n) is 3.22. The Labute approximate surface area is 128 Å². The SMILES string of the molecule is COc1cc(OC)c(C(N)c2sccc2OC)c(OC)c1. The molecule has 0 aliphatic carbocycles. The fourth-order valence-corrected chi connectivity index (χ4v) is 3.05. The van der Waals surface area contributed by atoms with Gasteiger partial charge in [-0.2, -0.15) is 0 Å². The molecule has 2 N–H and O–H groups in total. The Kier molecular flexibility index (Phi) is 4.93. The zero-order valence-corrected chi connectivity index (χ0v) is 13.3. The van der Waals surface area contributed by atoms with Gasteiger partial charge in [0.25, 0.3) is 0 Å². The number of benzene rings is 1. The Bertz CT molecular complexity index is 586. The summed E-state index contributed by atoms with van der Waals surface area (Å²) in [6.45, 7) is 0. The van der Waals surface area contributed by atoms with Crippen molar-refractivity contribution in [1.29, 1.82) is 0 Å². The van der Waals surface area contributed by atoms with E-state index in [9.17, 15) is 0 Å². The van der Waals surface area contributed by atoms with E-state index in [4.69, 9.17) is 24.7 Å². The number of methoxy groups -OCH3 is 4. The molecular formula is C15H19NO4S. The minimum atomic E-state index is -0.407. The highest BCUT2D eigenvalue weighted by Gasteiger charge is 2.24. The molecule has 2 rings (SSSR count). The van der Waals surface area contributed by atoms with Crippen molar-refractivity contribution in [3.63, 3.8) is 0 Å². The highest BCUT2D eigenvalue weighted by molar-refractivity contribution is 7.10. The summed E-state index contributed by atoms with van der Waals surface area (Å²) in [5, 5.41) is 1.94. The van der Waals surface area contributed by atoms with E-state index in [1.165, 1.54) is 11.3 Å². The van der Waals surface area contributed by atoms with Crippen LogP contribution < -0.4 is 24.7 Å². The van der Waals surface area contributed by atoms with Crippen molar-refractivity contribution in [3.05, 3.63) is 34.0 Å². The minimum absolute atomic E-state index is 0.407. The number of hydrogen-bond acceptors (Lipinski definition) is 6. The molecule has 1 unspecified atom stereocenters. The summed E-state index contributed by atoms with van der Waals surface area (Å²) in [4.78, 5) is 0.916. The van der Waals surface area contributed by atoms with Gasteiger partial charge in [0, 0.05) is 12.1 Å². The summed E-state index contributed by atoms with van der Waals surface area (Å²) in [6.07, 6.45) is 0. The molecule has 0 fully saturated rings. The number of ether oxygens (including phenoxy) is 4. The minimum Gasteiger partial charge on any atom is -0.496 e. The van der Waals surface area contributed by atoms with Gasteiger partial charge in [-0.05, 0) is 11.4 Å². The van der Waals surface area contributed by atoms with Crippen LogP contribution in [-0.2, 0) is 0 Å². The normalized spacial score (nSPS) is 11.9. The van der Waals surface area contributed by atoms with Crippen molar-refractivity contribution >= 4 is 11.3 Å². The Morgan fingerprint density at radius 3 is 1.95 bits per heavy atom. The van der Waals surface area contributed by atoms with Crippen LogP contribution in [0.25, 0.3) is 0 Å². The van der Waals surface area contributed by atoms with Crippen LogP contribution in [0, 0.1) is 0 Å². The van der Waals surface area contributed by atoms with Crippen molar-refractivity contribution in [2.75, 3.05) is 28.4 Å². The van der Waals surface area contributed by atoms with Crippen molar-refractivity contribution in [2.24, 2.45) is 5.73 Å². The average Bonchev–Trinajstić information content (AvgIpc) is 3.01. The van der Waals surface area contributed by atoms with Gasteiger partial charge in [0.2, 0.25) is 0 Å². The van der Waals surface area contributed by atoms with Gasteiger partial charge in [0.05, 0.1) is 44.9 Å². The zero-order chi connectivity index (χ0) is 15.4. The van der Waals surface area contributed by atoms with Crippen molar-refractivity contribution in [3.8, 4) is 23.0 Å². The summed E-state index contributed by atoms with van der Waals surface area (Å²) in [7, 11) is 6.41. The van der Waals surface area contributed by atoms with Gasteiger partial charge in [0.15, 0.2) is 0 Å². The topological polar surface area (TPSA) is 62.9 Å². The van der Waals surface area contributed by atoms with Gasteiger partial charge in [-0.1, -0.05) is 0 Å². The summed E-state index contributed by atoms with van der Waals surface area (Å²) in [6, 6.07) is 5.06. The monoisotopic (exact) mass is 309 g/mol. The molecule has 0 saturated carbocycles. The van der Waals surface area contributed by atoms with Crippen LogP contribution in [0.3, 0.4) is 0 Å². The maximum Gasteiger partial charge on any atom is 0.134 e. The summed E-state index contributed by atoms with van der Waals surface area (Å²) in [5.41, 5.74) is 7.18. The van der Waals surface area contributed by atoms with Crippen LogP contribution in [0.15, 0.2) is 23.6 Å². The van der Waals surface area contributed by atoms with Crippen molar-refractivity contribution in [2.45, 2.75) is 6.04 Å². The molecule has 0 aliphatic rings. The van der Waals surface area contributed by atoms with Crippen LogP contribution in [-0.4, -0.2) is 28.4 Å². The maximum absolute atomic E-state index is 6.41. The molecule has 0 spiro atoms. The van der Waals surface area contributed by atoms with Crippen LogP contribution in [0.1, 0.15) is 16.5 Å². The first-order chi connectivity index (χ1) is 10.2. The quantitative estimate of drug-likeness (QED) is 0.889. The average molecular weight is 309 g/mol. The first-order valence-corrected chi connectivity index (χ1v) is 7.21. The molecule has 1 aromatic heterocycles. The van der Waals surface area contributed by atoms with E-state index < -0.39 is 6.04 Å². The molecule has 6 heteroatoms. The maximum atomic E-state index is 6.41. The molecule has 1 aromatic carbocycles. The van der Waals surface area contributed by atoms with Crippen molar-refractivity contribution < 1.29 is 18.9 Å². The van der Waals surface area contributed by atoms with Crippen molar-refractivity contribution in [1.82, 2.24) is 0 Å². The zero-order valence-electron chi connectivity index (χ0n) is 12.5. The lowest BCUT2D eigenvalue weighted by atomic mass is 10.0. The standard InChI is InChI=1S/C15H19NO4S/c1-17-9-7-11(19-3)13(12(8-9)20-4)14(16)15-10(18-2)5-6-21-15/h5-8,14H,16H2,1-4H3. The van der Waals surface area contributed by atoms with Gasteiger partial charge in [-0.25, -0.2) is 0 Å². The molecule has 0 bridgehead atoms. The summed E-state index contributed by atoms with van der Waals surface area (Å²) >= 11 is 1.53. The molecule has 0 amide bonds. The molecule has 0 saturated heterocycles. The molecule has 1 heterocycles. The van der Waals surface area contributed by atoms with E-state index in [0.717, 1.165) is 16.2 Å². The predicted octanol–water partition coefficient (Wildman–Crippen LogP) is 2.83. The molecular weight excluding hydrogens is 290 g/mol. The fraction of sp³-hybridized carbons (Fsp3) is 0.333.